The number of carbonyl (C=O) groups excluding carboxylic acids is 1. The van der Waals surface area contributed by atoms with E-state index in [2.05, 4.69) is 31.1 Å². The minimum atomic E-state index is -0.119. The molecule has 1 amide bonds. The zero-order chi connectivity index (χ0) is 13.6. The third-order valence-electron chi connectivity index (χ3n) is 2.73. The van der Waals surface area contributed by atoms with Crippen LogP contribution in [0, 0.1) is 11.3 Å². The van der Waals surface area contributed by atoms with E-state index in [0.29, 0.717) is 13.1 Å². The Morgan fingerprint density at radius 2 is 2.00 bits per heavy atom. The lowest BCUT2D eigenvalue weighted by Crippen LogP contribution is -2.36. The van der Waals surface area contributed by atoms with Gasteiger partial charge in [0.2, 0.25) is 5.91 Å². The molecular formula is C14H23N3O. The van der Waals surface area contributed by atoms with Gasteiger partial charge in [0, 0.05) is 25.5 Å². The van der Waals surface area contributed by atoms with Crippen LogP contribution in [0.2, 0.25) is 0 Å². The Bertz CT molecular complexity index is 370. The zero-order valence-corrected chi connectivity index (χ0v) is 11.4. The van der Waals surface area contributed by atoms with E-state index in [-0.39, 0.29) is 17.2 Å². The Labute approximate surface area is 109 Å². The number of hydrogen-bond acceptors (Lipinski definition) is 3. The first kappa shape index (κ1) is 14.6. The molecule has 4 heteroatoms. The number of pyridine rings is 1. The largest absolute Gasteiger partial charge is 0.352 e. The smallest absolute Gasteiger partial charge is 0.224 e. The van der Waals surface area contributed by atoms with Crippen LogP contribution in [0.4, 0.5) is 0 Å². The van der Waals surface area contributed by atoms with E-state index in [9.17, 15) is 4.79 Å². The summed E-state index contributed by atoms with van der Waals surface area (Å²) in [5.41, 5.74) is 6.83. The van der Waals surface area contributed by atoms with Gasteiger partial charge in [-0.3, -0.25) is 9.78 Å². The van der Waals surface area contributed by atoms with Gasteiger partial charge in [0.05, 0.1) is 5.92 Å². The Hall–Kier alpha value is -1.42. The average Bonchev–Trinajstić information content (AvgIpc) is 2.33. The van der Waals surface area contributed by atoms with E-state index in [1.165, 1.54) is 0 Å². The molecule has 0 spiro atoms. The molecule has 1 heterocycles. The molecule has 0 fully saturated rings. The van der Waals surface area contributed by atoms with Crippen molar-refractivity contribution in [2.75, 3.05) is 6.54 Å². The number of nitrogens with zero attached hydrogens (tertiary/aromatic N) is 1. The monoisotopic (exact) mass is 249 g/mol. The van der Waals surface area contributed by atoms with Crippen LogP contribution >= 0.6 is 0 Å². The van der Waals surface area contributed by atoms with Crippen molar-refractivity contribution in [3.05, 3.63) is 30.1 Å². The Morgan fingerprint density at radius 1 is 1.39 bits per heavy atom. The third-order valence-corrected chi connectivity index (χ3v) is 2.73. The van der Waals surface area contributed by atoms with E-state index < -0.39 is 0 Å². The summed E-state index contributed by atoms with van der Waals surface area (Å²) in [4.78, 5) is 16.0. The lowest BCUT2D eigenvalue weighted by atomic mass is 9.84. The van der Waals surface area contributed by atoms with Crippen molar-refractivity contribution in [1.29, 1.82) is 0 Å². The normalized spacial score (nSPS) is 13.1. The lowest BCUT2D eigenvalue weighted by molar-refractivity contribution is -0.125. The highest BCUT2D eigenvalue weighted by molar-refractivity contribution is 5.78. The molecule has 4 nitrogen and oxygen atoms in total. The van der Waals surface area contributed by atoms with Gasteiger partial charge in [-0.2, -0.15) is 0 Å². The maximum atomic E-state index is 12.0. The van der Waals surface area contributed by atoms with Gasteiger partial charge in [-0.15, -0.1) is 0 Å². The van der Waals surface area contributed by atoms with Gasteiger partial charge in [0.25, 0.3) is 0 Å². The summed E-state index contributed by atoms with van der Waals surface area (Å²) < 4.78 is 0. The van der Waals surface area contributed by atoms with Crippen LogP contribution in [0.25, 0.3) is 0 Å². The molecule has 1 rings (SSSR count). The predicted octanol–water partition coefficient (Wildman–Crippen LogP) is 1.71. The van der Waals surface area contributed by atoms with Gasteiger partial charge >= 0.3 is 0 Å². The highest BCUT2D eigenvalue weighted by atomic mass is 16.1. The van der Waals surface area contributed by atoms with Gasteiger partial charge in [-0.05, 0) is 29.5 Å². The molecule has 0 bridgehead atoms. The Balaban J connectivity index is 2.48. The molecule has 1 unspecified atom stereocenters. The molecule has 0 saturated heterocycles. The summed E-state index contributed by atoms with van der Waals surface area (Å²) in [6.07, 6.45) is 4.24. The van der Waals surface area contributed by atoms with Crippen LogP contribution in [0.5, 0.6) is 0 Å². The van der Waals surface area contributed by atoms with Crippen molar-refractivity contribution in [2.24, 2.45) is 17.1 Å². The average molecular weight is 249 g/mol. The summed E-state index contributed by atoms with van der Waals surface area (Å²) >= 11 is 0. The van der Waals surface area contributed by atoms with Crippen molar-refractivity contribution in [2.45, 2.75) is 33.7 Å². The molecule has 0 aliphatic carbocycles. The minimum absolute atomic E-state index is 0.0317. The van der Waals surface area contributed by atoms with E-state index in [0.717, 1.165) is 12.0 Å². The first-order valence-corrected chi connectivity index (χ1v) is 6.29. The van der Waals surface area contributed by atoms with Gasteiger partial charge in [-0.25, -0.2) is 0 Å². The second-order valence-electron chi connectivity index (χ2n) is 5.77. The van der Waals surface area contributed by atoms with Crippen molar-refractivity contribution >= 4 is 5.91 Å². The van der Waals surface area contributed by atoms with Crippen LogP contribution in [0.1, 0.15) is 32.8 Å². The lowest BCUT2D eigenvalue weighted by Gasteiger charge is -2.24. The van der Waals surface area contributed by atoms with Crippen LogP contribution in [0.3, 0.4) is 0 Å². The molecular weight excluding hydrogens is 226 g/mol. The van der Waals surface area contributed by atoms with Crippen LogP contribution in [0.15, 0.2) is 24.5 Å². The Kier molecular flexibility index (Phi) is 5.28. The highest BCUT2D eigenvalue weighted by Crippen LogP contribution is 2.24. The van der Waals surface area contributed by atoms with Gasteiger partial charge in [0.1, 0.15) is 0 Å². The highest BCUT2D eigenvalue weighted by Gasteiger charge is 2.23. The number of amides is 1. The zero-order valence-electron chi connectivity index (χ0n) is 11.4. The maximum absolute atomic E-state index is 12.0. The summed E-state index contributed by atoms with van der Waals surface area (Å²) in [6, 6.07) is 3.78. The molecule has 100 valence electrons. The first-order chi connectivity index (χ1) is 8.42. The second-order valence-corrected chi connectivity index (χ2v) is 5.77. The quantitative estimate of drug-likeness (QED) is 0.834. The molecule has 0 aliphatic heterocycles. The van der Waals surface area contributed by atoms with Gasteiger partial charge in [-0.1, -0.05) is 20.8 Å². The fraction of sp³-hybridized carbons (Fsp3) is 0.571. The summed E-state index contributed by atoms with van der Waals surface area (Å²) in [5.74, 6) is -0.0870. The maximum Gasteiger partial charge on any atom is 0.224 e. The molecule has 0 aromatic carbocycles. The van der Waals surface area contributed by atoms with E-state index >= 15 is 0 Å². The number of nitrogens with one attached hydrogen (secondary N) is 1. The summed E-state index contributed by atoms with van der Waals surface area (Å²) in [5, 5.41) is 2.93. The molecule has 0 radical (unpaired) electrons. The van der Waals surface area contributed by atoms with E-state index in [1.54, 1.807) is 12.4 Å². The molecule has 0 saturated carbocycles. The van der Waals surface area contributed by atoms with Crippen LogP contribution < -0.4 is 11.1 Å². The molecule has 1 atom stereocenters. The van der Waals surface area contributed by atoms with Crippen molar-refractivity contribution < 1.29 is 4.79 Å². The fourth-order valence-electron chi connectivity index (χ4n) is 1.86. The minimum Gasteiger partial charge on any atom is -0.352 e. The van der Waals surface area contributed by atoms with Crippen molar-refractivity contribution in [1.82, 2.24) is 10.3 Å². The van der Waals surface area contributed by atoms with Crippen molar-refractivity contribution in [3.8, 4) is 0 Å². The number of nitrogens with two attached hydrogens (primary N) is 1. The first-order valence-electron chi connectivity index (χ1n) is 6.29. The molecule has 1 aromatic rings. The van der Waals surface area contributed by atoms with Gasteiger partial charge < -0.3 is 11.1 Å². The number of carbonyl (C=O) groups is 1. The third kappa shape index (κ3) is 5.27. The number of aromatic nitrogens is 1. The SMILES string of the molecule is CC(C)(C)CC(CN)C(=O)NCc1ccncc1. The standard InChI is InChI=1S/C14H23N3O/c1-14(2,3)8-12(9-15)13(18)17-10-11-4-6-16-7-5-11/h4-7,12H,8-10,15H2,1-3H3,(H,17,18). The summed E-state index contributed by atoms with van der Waals surface area (Å²) in [7, 11) is 0. The van der Waals surface area contributed by atoms with E-state index in [1.807, 2.05) is 12.1 Å². The summed E-state index contributed by atoms with van der Waals surface area (Å²) in [6.45, 7) is 7.27. The van der Waals surface area contributed by atoms with Crippen LogP contribution in [-0.4, -0.2) is 17.4 Å². The predicted molar refractivity (Wildman–Crippen MR) is 72.7 cm³/mol. The molecule has 3 N–H and O–H groups in total. The Morgan fingerprint density at radius 3 is 2.50 bits per heavy atom. The molecule has 1 aromatic heterocycles. The van der Waals surface area contributed by atoms with E-state index in [4.69, 9.17) is 5.73 Å². The number of rotatable bonds is 5. The van der Waals surface area contributed by atoms with Gasteiger partial charge in [0.15, 0.2) is 0 Å². The van der Waals surface area contributed by atoms with Crippen molar-refractivity contribution in [3.63, 3.8) is 0 Å². The fourth-order valence-corrected chi connectivity index (χ4v) is 1.86. The topological polar surface area (TPSA) is 68.0 Å². The second kappa shape index (κ2) is 6.50. The van der Waals surface area contributed by atoms with Crippen LogP contribution in [-0.2, 0) is 11.3 Å². The molecule has 0 aliphatic rings. The number of hydrogen-bond donors (Lipinski definition) is 2. The molecule has 18 heavy (non-hydrogen) atoms.